The third kappa shape index (κ3) is 1.96. The third-order valence-corrected chi connectivity index (χ3v) is 2.91. The average molecular weight is 268 g/mol. The molecule has 0 saturated heterocycles. The number of carbonyl (C=O) groups excluding carboxylic acids is 3. The van der Waals surface area contributed by atoms with Crippen molar-refractivity contribution >= 4 is 34.9 Å². The van der Waals surface area contributed by atoms with Crippen molar-refractivity contribution in [3.63, 3.8) is 0 Å². The van der Waals surface area contributed by atoms with Gasteiger partial charge in [-0.25, -0.2) is 0 Å². The van der Waals surface area contributed by atoms with E-state index in [-0.39, 0.29) is 12.1 Å². The minimum absolute atomic E-state index is 0.130. The number of fused-ring (bicyclic) bond motifs is 1. The highest BCUT2D eigenvalue weighted by molar-refractivity contribution is 6.52. The number of nitrogens with two attached hydrogens (primary N) is 2. The first kappa shape index (κ1) is 12.5. The van der Waals surface area contributed by atoms with E-state index in [4.69, 9.17) is 23.1 Å². The number of ketones is 1. The van der Waals surface area contributed by atoms with Gasteiger partial charge >= 0.3 is 0 Å². The highest BCUT2D eigenvalue weighted by atomic mass is 35.5. The molecular formula is C11H10ClN3O3. The number of nitrogens with zero attached hydrogens (tertiary/aromatic N) is 1. The van der Waals surface area contributed by atoms with Gasteiger partial charge in [0.15, 0.2) is 0 Å². The number of benzene rings is 1. The van der Waals surface area contributed by atoms with Crippen molar-refractivity contribution in [2.75, 3.05) is 11.4 Å². The first-order chi connectivity index (χ1) is 8.41. The second-order valence-electron chi connectivity index (χ2n) is 3.92. The van der Waals surface area contributed by atoms with E-state index in [0.29, 0.717) is 10.7 Å². The van der Waals surface area contributed by atoms with Crippen molar-refractivity contribution in [3.8, 4) is 0 Å². The molecule has 1 aliphatic heterocycles. The van der Waals surface area contributed by atoms with E-state index in [2.05, 4.69) is 0 Å². The van der Waals surface area contributed by atoms with Crippen LogP contribution < -0.4 is 16.4 Å². The minimum Gasteiger partial charge on any atom is -0.368 e. The Morgan fingerprint density at radius 1 is 1.39 bits per heavy atom. The Bertz CT molecular complexity index is 558. The number of primary amides is 1. The van der Waals surface area contributed by atoms with Crippen LogP contribution in [-0.2, 0) is 9.59 Å². The lowest BCUT2D eigenvalue weighted by Gasteiger charge is -2.19. The molecule has 1 atom stereocenters. The molecule has 0 saturated carbocycles. The Balaban J connectivity index is 2.37. The zero-order chi connectivity index (χ0) is 13.4. The van der Waals surface area contributed by atoms with Gasteiger partial charge in [-0.3, -0.25) is 14.4 Å². The third-order valence-electron chi connectivity index (χ3n) is 2.68. The molecule has 1 unspecified atom stereocenters. The van der Waals surface area contributed by atoms with Gasteiger partial charge in [0.1, 0.15) is 6.04 Å². The van der Waals surface area contributed by atoms with Gasteiger partial charge in [-0.15, -0.1) is 0 Å². The molecule has 2 rings (SSSR count). The van der Waals surface area contributed by atoms with Crippen LogP contribution in [0, 0.1) is 0 Å². The zero-order valence-corrected chi connectivity index (χ0v) is 9.98. The van der Waals surface area contributed by atoms with E-state index < -0.39 is 23.6 Å². The van der Waals surface area contributed by atoms with E-state index in [1.54, 1.807) is 6.07 Å². The Hall–Kier alpha value is -1.92. The lowest BCUT2D eigenvalue weighted by molar-refractivity contribution is -0.119. The summed E-state index contributed by atoms with van der Waals surface area (Å²) in [5.74, 6) is -2.13. The molecule has 4 N–H and O–H groups in total. The van der Waals surface area contributed by atoms with E-state index in [0.717, 1.165) is 4.90 Å². The summed E-state index contributed by atoms with van der Waals surface area (Å²) in [5, 5.41) is 0.357. The molecule has 7 heteroatoms. The summed E-state index contributed by atoms with van der Waals surface area (Å²) in [4.78, 5) is 35.5. The highest BCUT2D eigenvalue weighted by Crippen LogP contribution is 2.31. The van der Waals surface area contributed by atoms with Crippen LogP contribution in [-0.4, -0.2) is 30.2 Å². The molecule has 6 nitrogen and oxygen atoms in total. The van der Waals surface area contributed by atoms with Gasteiger partial charge < -0.3 is 16.4 Å². The maximum absolute atomic E-state index is 11.8. The Labute approximate surface area is 107 Å². The molecule has 0 radical (unpaired) electrons. The maximum atomic E-state index is 11.8. The maximum Gasteiger partial charge on any atom is 0.299 e. The fourth-order valence-electron chi connectivity index (χ4n) is 1.74. The van der Waals surface area contributed by atoms with E-state index in [9.17, 15) is 14.4 Å². The smallest absolute Gasteiger partial charge is 0.299 e. The van der Waals surface area contributed by atoms with Crippen molar-refractivity contribution in [2.45, 2.75) is 6.04 Å². The minimum atomic E-state index is -1.02. The van der Waals surface area contributed by atoms with Gasteiger partial charge in [0.2, 0.25) is 5.91 Å². The topological polar surface area (TPSA) is 106 Å². The molecule has 1 aliphatic rings. The van der Waals surface area contributed by atoms with Gasteiger partial charge in [-0.1, -0.05) is 11.6 Å². The fraction of sp³-hybridized carbons (Fsp3) is 0.182. The molecule has 1 aromatic rings. The van der Waals surface area contributed by atoms with Gasteiger partial charge in [-0.05, 0) is 18.2 Å². The monoisotopic (exact) mass is 267 g/mol. The number of Topliss-reactive ketones (excluding diaryl/α,β-unsaturated/α-hetero) is 1. The van der Waals surface area contributed by atoms with Crippen molar-refractivity contribution in [3.05, 3.63) is 28.8 Å². The molecule has 0 aliphatic carbocycles. The van der Waals surface area contributed by atoms with Crippen LogP contribution >= 0.6 is 11.6 Å². The number of rotatable bonds is 3. The van der Waals surface area contributed by atoms with E-state index in [1.807, 2.05) is 0 Å². The quantitative estimate of drug-likeness (QED) is 0.732. The van der Waals surface area contributed by atoms with Crippen LogP contribution in [0.4, 0.5) is 5.69 Å². The van der Waals surface area contributed by atoms with Gasteiger partial charge in [0, 0.05) is 5.02 Å². The summed E-state index contributed by atoms with van der Waals surface area (Å²) >= 11 is 5.76. The Morgan fingerprint density at radius 3 is 2.67 bits per heavy atom. The first-order valence-corrected chi connectivity index (χ1v) is 5.50. The number of amides is 2. The molecule has 18 heavy (non-hydrogen) atoms. The second kappa shape index (κ2) is 4.40. The van der Waals surface area contributed by atoms with Gasteiger partial charge in [0.05, 0.1) is 17.8 Å². The lowest BCUT2D eigenvalue weighted by atomic mass is 10.1. The number of hydrogen-bond acceptors (Lipinski definition) is 4. The largest absolute Gasteiger partial charge is 0.368 e. The van der Waals surface area contributed by atoms with E-state index in [1.165, 1.54) is 12.1 Å². The zero-order valence-electron chi connectivity index (χ0n) is 9.22. The summed E-state index contributed by atoms with van der Waals surface area (Å²) < 4.78 is 0. The summed E-state index contributed by atoms with van der Waals surface area (Å²) in [7, 11) is 0. The van der Waals surface area contributed by atoms with Crippen molar-refractivity contribution < 1.29 is 14.4 Å². The predicted molar refractivity (Wildman–Crippen MR) is 65.3 cm³/mol. The Morgan fingerprint density at radius 2 is 2.06 bits per heavy atom. The second-order valence-corrected chi connectivity index (χ2v) is 4.35. The first-order valence-electron chi connectivity index (χ1n) is 5.12. The molecule has 0 bridgehead atoms. The van der Waals surface area contributed by atoms with Crippen LogP contribution in [0.5, 0.6) is 0 Å². The van der Waals surface area contributed by atoms with E-state index >= 15 is 0 Å². The van der Waals surface area contributed by atoms with Gasteiger partial charge in [0.25, 0.3) is 11.7 Å². The van der Waals surface area contributed by atoms with Crippen LogP contribution in [0.15, 0.2) is 18.2 Å². The highest BCUT2D eigenvalue weighted by Gasteiger charge is 2.37. The standard InChI is InChI=1S/C11H10ClN3O3/c12-5-1-2-8-6(3-5)9(16)11(18)15(8)4-7(13)10(14)17/h1-3,7H,4,13H2,(H2,14,17). The van der Waals surface area contributed by atoms with Crippen LogP contribution in [0.3, 0.4) is 0 Å². The average Bonchev–Trinajstić information content (AvgIpc) is 2.54. The molecule has 2 amide bonds. The fourth-order valence-corrected chi connectivity index (χ4v) is 1.91. The molecule has 1 heterocycles. The Kier molecular flexibility index (Phi) is 3.06. The molecule has 0 aromatic heterocycles. The molecule has 94 valence electrons. The molecule has 0 fully saturated rings. The SMILES string of the molecule is NC(=O)C(N)CN1C(=O)C(=O)c2cc(Cl)ccc21. The molecule has 1 aromatic carbocycles. The summed E-state index contributed by atoms with van der Waals surface area (Å²) in [6.45, 7) is -0.130. The summed E-state index contributed by atoms with van der Waals surface area (Å²) in [6.07, 6.45) is 0. The lowest BCUT2D eigenvalue weighted by Crippen LogP contribution is -2.47. The van der Waals surface area contributed by atoms with Crippen LogP contribution in [0.1, 0.15) is 10.4 Å². The van der Waals surface area contributed by atoms with Crippen LogP contribution in [0.25, 0.3) is 0 Å². The van der Waals surface area contributed by atoms with Crippen molar-refractivity contribution in [1.29, 1.82) is 0 Å². The summed E-state index contributed by atoms with van der Waals surface area (Å²) in [6, 6.07) is 3.47. The number of halogens is 1. The van der Waals surface area contributed by atoms with Crippen molar-refractivity contribution in [1.82, 2.24) is 0 Å². The van der Waals surface area contributed by atoms with Crippen LogP contribution in [0.2, 0.25) is 5.02 Å². The number of hydrogen-bond donors (Lipinski definition) is 2. The molecular weight excluding hydrogens is 258 g/mol. The van der Waals surface area contributed by atoms with Gasteiger partial charge in [-0.2, -0.15) is 0 Å². The normalized spacial score (nSPS) is 15.8. The number of carbonyl (C=O) groups is 3. The number of anilines is 1. The predicted octanol–water partition coefficient (Wildman–Crippen LogP) is -0.318. The van der Waals surface area contributed by atoms with Crippen molar-refractivity contribution in [2.24, 2.45) is 11.5 Å². The molecule has 0 spiro atoms. The summed E-state index contributed by atoms with van der Waals surface area (Å²) in [5.41, 5.74) is 11.1.